The van der Waals surface area contributed by atoms with Gasteiger partial charge in [-0.3, -0.25) is 14.5 Å². The predicted octanol–water partition coefficient (Wildman–Crippen LogP) is 2.80. The number of carbonyl (C=O) groups excluding carboxylic acids is 1. The van der Waals surface area contributed by atoms with Crippen LogP contribution in [-0.4, -0.2) is 19.3 Å². The zero-order valence-electron chi connectivity index (χ0n) is 13.8. The molecule has 0 aliphatic carbocycles. The van der Waals surface area contributed by atoms with Crippen LogP contribution in [0.25, 0.3) is 0 Å². The summed E-state index contributed by atoms with van der Waals surface area (Å²) in [5, 5.41) is 4.54. The fourth-order valence-electron chi connectivity index (χ4n) is 2.26. The number of sulfonamides is 1. The van der Waals surface area contributed by atoms with Crippen molar-refractivity contribution in [2.75, 3.05) is 4.72 Å². The number of nitrogens with zero attached hydrogens (tertiary/aromatic N) is 1. The first-order chi connectivity index (χ1) is 12.5. The van der Waals surface area contributed by atoms with Crippen molar-refractivity contribution in [3.63, 3.8) is 0 Å². The number of amides is 1. The van der Waals surface area contributed by atoms with Crippen LogP contribution in [0.3, 0.4) is 0 Å². The summed E-state index contributed by atoms with van der Waals surface area (Å²) in [6.07, 6.45) is 3.60. The molecular formula is C18H17N3O3S2. The maximum absolute atomic E-state index is 12.2. The third-order valence-corrected chi connectivity index (χ3v) is 6.32. The summed E-state index contributed by atoms with van der Waals surface area (Å²) in [7, 11) is -3.56. The van der Waals surface area contributed by atoms with Gasteiger partial charge >= 0.3 is 0 Å². The Bertz CT molecular complexity index is 955. The predicted molar refractivity (Wildman–Crippen MR) is 101 cm³/mol. The van der Waals surface area contributed by atoms with Gasteiger partial charge in [-0.25, -0.2) is 8.42 Å². The van der Waals surface area contributed by atoms with E-state index in [1.54, 1.807) is 54.2 Å². The maximum atomic E-state index is 12.2. The van der Waals surface area contributed by atoms with Crippen LogP contribution in [0.5, 0.6) is 0 Å². The number of rotatable bonds is 7. The normalized spacial score (nSPS) is 11.1. The van der Waals surface area contributed by atoms with Gasteiger partial charge in [-0.1, -0.05) is 24.3 Å². The lowest BCUT2D eigenvalue weighted by Gasteiger charge is -2.08. The minimum Gasteiger partial charge on any atom is -0.352 e. The van der Waals surface area contributed by atoms with Crippen LogP contribution in [0.4, 0.5) is 5.69 Å². The second-order valence-electron chi connectivity index (χ2n) is 5.55. The summed E-state index contributed by atoms with van der Waals surface area (Å²) >= 11 is 1.16. The molecule has 26 heavy (non-hydrogen) atoms. The van der Waals surface area contributed by atoms with E-state index < -0.39 is 10.0 Å². The Labute approximate surface area is 156 Å². The zero-order valence-corrected chi connectivity index (χ0v) is 15.4. The lowest BCUT2D eigenvalue weighted by atomic mass is 10.1. The van der Waals surface area contributed by atoms with E-state index in [2.05, 4.69) is 15.0 Å². The van der Waals surface area contributed by atoms with E-state index in [-0.39, 0.29) is 16.5 Å². The first-order valence-corrected chi connectivity index (χ1v) is 10.2. The van der Waals surface area contributed by atoms with E-state index in [0.29, 0.717) is 12.2 Å². The Morgan fingerprint density at radius 1 is 1.04 bits per heavy atom. The summed E-state index contributed by atoms with van der Waals surface area (Å²) in [4.78, 5) is 16.0. The van der Waals surface area contributed by atoms with Gasteiger partial charge in [0.25, 0.3) is 10.0 Å². The van der Waals surface area contributed by atoms with Crippen molar-refractivity contribution in [1.29, 1.82) is 0 Å². The molecule has 134 valence electrons. The molecule has 0 radical (unpaired) electrons. The molecule has 1 aromatic carbocycles. The highest BCUT2D eigenvalue weighted by Crippen LogP contribution is 2.20. The third-order valence-electron chi connectivity index (χ3n) is 3.54. The molecule has 6 nitrogen and oxygen atoms in total. The molecule has 3 rings (SSSR count). The van der Waals surface area contributed by atoms with Crippen molar-refractivity contribution >= 4 is 33.0 Å². The van der Waals surface area contributed by atoms with E-state index >= 15 is 0 Å². The molecule has 0 unspecified atom stereocenters. The number of aromatic nitrogens is 1. The number of nitrogens with one attached hydrogen (secondary N) is 2. The highest BCUT2D eigenvalue weighted by molar-refractivity contribution is 7.94. The second kappa shape index (κ2) is 8.11. The highest BCUT2D eigenvalue weighted by Gasteiger charge is 2.15. The first kappa shape index (κ1) is 18.1. The molecule has 0 aliphatic heterocycles. The Balaban J connectivity index is 1.55. The monoisotopic (exact) mass is 387 g/mol. The Morgan fingerprint density at radius 3 is 2.50 bits per heavy atom. The standard InChI is InChI=1S/C18H17N3O3S2/c22-17(20-13-15-3-1-9-19-12-15)11-14-5-7-16(8-6-14)21-26(23,24)18-4-2-10-25-18/h1-10,12,21H,11,13H2,(H,20,22). The number of anilines is 1. The number of hydrogen-bond acceptors (Lipinski definition) is 5. The van der Waals surface area contributed by atoms with Gasteiger partial charge in [0.05, 0.1) is 6.42 Å². The van der Waals surface area contributed by atoms with E-state index in [9.17, 15) is 13.2 Å². The van der Waals surface area contributed by atoms with Gasteiger partial charge in [-0.05, 0) is 40.8 Å². The van der Waals surface area contributed by atoms with Crippen molar-refractivity contribution in [3.05, 3.63) is 77.4 Å². The number of thiophene rings is 1. The summed E-state index contributed by atoms with van der Waals surface area (Å²) in [6, 6.07) is 13.7. The van der Waals surface area contributed by atoms with Crippen LogP contribution >= 0.6 is 11.3 Å². The largest absolute Gasteiger partial charge is 0.352 e. The number of pyridine rings is 1. The topological polar surface area (TPSA) is 88.2 Å². The first-order valence-electron chi connectivity index (χ1n) is 7.84. The Morgan fingerprint density at radius 2 is 1.85 bits per heavy atom. The molecule has 0 aliphatic rings. The van der Waals surface area contributed by atoms with E-state index in [1.807, 2.05) is 12.1 Å². The highest BCUT2D eigenvalue weighted by atomic mass is 32.2. The molecule has 2 N–H and O–H groups in total. The SMILES string of the molecule is O=C(Cc1ccc(NS(=O)(=O)c2cccs2)cc1)NCc1cccnc1. The van der Waals surface area contributed by atoms with Crippen molar-refractivity contribution in [2.24, 2.45) is 0 Å². The fourth-order valence-corrected chi connectivity index (χ4v) is 4.32. The average Bonchev–Trinajstić information content (AvgIpc) is 3.18. The zero-order chi connectivity index (χ0) is 18.4. The quantitative estimate of drug-likeness (QED) is 0.652. The molecule has 0 saturated heterocycles. The minimum atomic E-state index is -3.56. The summed E-state index contributed by atoms with van der Waals surface area (Å²) in [5.74, 6) is -0.110. The molecule has 0 fully saturated rings. The summed E-state index contributed by atoms with van der Waals surface area (Å²) < 4.78 is 27.1. The van der Waals surface area contributed by atoms with Gasteiger partial charge in [-0.15, -0.1) is 11.3 Å². The molecule has 2 aromatic heterocycles. The van der Waals surface area contributed by atoms with E-state index in [4.69, 9.17) is 0 Å². The average molecular weight is 387 g/mol. The molecule has 1 amide bonds. The third kappa shape index (κ3) is 4.90. The summed E-state index contributed by atoms with van der Waals surface area (Å²) in [5.41, 5.74) is 2.19. The lowest BCUT2D eigenvalue weighted by molar-refractivity contribution is -0.120. The van der Waals surface area contributed by atoms with Crippen LogP contribution in [0, 0.1) is 0 Å². The molecular weight excluding hydrogens is 370 g/mol. The molecule has 3 aromatic rings. The fraction of sp³-hybridized carbons (Fsp3) is 0.111. The van der Waals surface area contributed by atoms with Gasteiger partial charge in [0.15, 0.2) is 0 Å². The van der Waals surface area contributed by atoms with Crippen LogP contribution in [-0.2, 0) is 27.8 Å². The van der Waals surface area contributed by atoms with Crippen molar-refractivity contribution < 1.29 is 13.2 Å². The number of carbonyl (C=O) groups is 1. The Kier molecular flexibility index (Phi) is 5.65. The van der Waals surface area contributed by atoms with Crippen LogP contribution < -0.4 is 10.0 Å². The van der Waals surface area contributed by atoms with E-state index in [0.717, 1.165) is 22.5 Å². The molecule has 2 heterocycles. The molecule has 0 saturated carbocycles. The van der Waals surface area contributed by atoms with Gasteiger partial charge in [0.1, 0.15) is 4.21 Å². The van der Waals surface area contributed by atoms with Crippen LogP contribution in [0.1, 0.15) is 11.1 Å². The van der Waals surface area contributed by atoms with Crippen molar-refractivity contribution in [2.45, 2.75) is 17.2 Å². The van der Waals surface area contributed by atoms with Crippen LogP contribution in [0.2, 0.25) is 0 Å². The second-order valence-corrected chi connectivity index (χ2v) is 8.41. The number of benzene rings is 1. The minimum absolute atomic E-state index is 0.110. The summed E-state index contributed by atoms with van der Waals surface area (Å²) in [6.45, 7) is 0.422. The molecule has 0 bridgehead atoms. The Hall–Kier alpha value is -2.71. The van der Waals surface area contributed by atoms with E-state index in [1.165, 1.54) is 0 Å². The van der Waals surface area contributed by atoms with Gasteiger partial charge in [-0.2, -0.15) is 0 Å². The molecule has 8 heteroatoms. The van der Waals surface area contributed by atoms with Crippen molar-refractivity contribution in [3.8, 4) is 0 Å². The van der Waals surface area contributed by atoms with Gasteiger partial charge < -0.3 is 5.32 Å². The van der Waals surface area contributed by atoms with Crippen LogP contribution in [0.15, 0.2) is 70.5 Å². The molecule has 0 spiro atoms. The lowest BCUT2D eigenvalue weighted by Crippen LogP contribution is -2.24. The van der Waals surface area contributed by atoms with Gasteiger partial charge in [0, 0.05) is 24.6 Å². The van der Waals surface area contributed by atoms with Crippen molar-refractivity contribution in [1.82, 2.24) is 10.3 Å². The number of hydrogen-bond donors (Lipinski definition) is 2. The molecule has 0 atom stereocenters. The maximum Gasteiger partial charge on any atom is 0.271 e. The van der Waals surface area contributed by atoms with Gasteiger partial charge in [0.2, 0.25) is 5.91 Å². The smallest absolute Gasteiger partial charge is 0.271 e.